The highest BCUT2D eigenvalue weighted by Crippen LogP contribution is 2.40. The normalized spacial score (nSPS) is 14.8. The van der Waals surface area contributed by atoms with E-state index in [0.717, 1.165) is 64.4 Å². The smallest absolute Gasteiger partial charge is 0.167 e. The number of rotatable bonds is 4. The Labute approximate surface area is 164 Å². The van der Waals surface area contributed by atoms with Gasteiger partial charge in [0, 0.05) is 24.0 Å². The van der Waals surface area contributed by atoms with Crippen LogP contribution in [-0.2, 0) is 4.74 Å². The second kappa shape index (κ2) is 6.95. The van der Waals surface area contributed by atoms with E-state index in [1.165, 1.54) is 5.69 Å². The van der Waals surface area contributed by atoms with Crippen molar-refractivity contribution in [2.45, 2.75) is 0 Å². The van der Waals surface area contributed by atoms with E-state index in [1.54, 1.807) is 29.8 Å². The van der Waals surface area contributed by atoms with Crippen LogP contribution >= 0.6 is 22.7 Å². The molecule has 1 aliphatic rings. The minimum absolute atomic E-state index is 0.751. The molecule has 27 heavy (non-hydrogen) atoms. The minimum atomic E-state index is 0.751. The number of fused-ring (bicyclic) bond motifs is 1. The highest BCUT2D eigenvalue weighted by Gasteiger charge is 2.20. The number of aromatic nitrogens is 3. The molecule has 1 aromatic carbocycles. The summed E-state index contributed by atoms with van der Waals surface area (Å²) >= 11 is 3.32. The van der Waals surface area contributed by atoms with Gasteiger partial charge < -0.3 is 19.4 Å². The Kier molecular flexibility index (Phi) is 4.31. The molecule has 0 radical (unpaired) electrons. The zero-order valence-corrected chi connectivity index (χ0v) is 16.4. The Bertz CT molecular complexity index is 1060. The maximum absolute atomic E-state index is 5.55. The summed E-state index contributed by atoms with van der Waals surface area (Å²) in [6, 6.07) is 6.20. The van der Waals surface area contributed by atoms with E-state index in [0.29, 0.717) is 0 Å². The van der Waals surface area contributed by atoms with E-state index in [2.05, 4.69) is 37.8 Å². The van der Waals surface area contributed by atoms with Crippen LogP contribution in [0.15, 0.2) is 35.2 Å². The average molecular weight is 399 g/mol. The molecule has 8 heteroatoms. The lowest BCUT2D eigenvalue weighted by Crippen LogP contribution is -2.36. The molecule has 6 nitrogen and oxygen atoms in total. The van der Waals surface area contributed by atoms with Crippen LogP contribution in [0.3, 0.4) is 0 Å². The lowest BCUT2D eigenvalue weighted by Gasteiger charge is -2.29. The first-order valence-corrected chi connectivity index (χ1v) is 10.5. The van der Waals surface area contributed by atoms with E-state index in [9.17, 15) is 0 Å². The fourth-order valence-corrected chi connectivity index (χ4v) is 5.01. The van der Waals surface area contributed by atoms with E-state index >= 15 is 0 Å². The molecular formula is C19H18N4O2S2. The van der Waals surface area contributed by atoms with Crippen molar-refractivity contribution < 1.29 is 9.47 Å². The number of nitrogens with one attached hydrogen (secondary N) is 1. The number of benzene rings is 1. The first-order valence-electron chi connectivity index (χ1n) is 8.71. The Morgan fingerprint density at radius 2 is 2.11 bits per heavy atom. The summed E-state index contributed by atoms with van der Waals surface area (Å²) in [4.78, 5) is 15.2. The van der Waals surface area contributed by atoms with Crippen LogP contribution in [0.25, 0.3) is 32.3 Å². The number of morpholine rings is 1. The standard InChI is InChI=1S/C19H18N4O2S2/c1-24-15-3-2-14(23-5-7-25-8-6-23)17-16(15)22-19(27-17)18-20-10-13(21-18)12-4-9-26-11-12/h2-4,9-11H,5-8H2,1H3,(H,20,21). The predicted octanol–water partition coefficient (Wildman–Crippen LogP) is 4.26. The summed E-state index contributed by atoms with van der Waals surface area (Å²) in [5.74, 6) is 1.57. The van der Waals surface area contributed by atoms with Gasteiger partial charge in [-0.2, -0.15) is 11.3 Å². The molecule has 5 rings (SSSR count). The molecule has 4 heterocycles. The summed E-state index contributed by atoms with van der Waals surface area (Å²) in [6.45, 7) is 3.28. The molecule has 1 aliphatic heterocycles. The largest absolute Gasteiger partial charge is 0.494 e. The Morgan fingerprint density at radius 1 is 1.22 bits per heavy atom. The van der Waals surface area contributed by atoms with Crippen LogP contribution in [0.4, 0.5) is 5.69 Å². The van der Waals surface area contributed by atoms with Crippen molar-refractivity contribution in [3.63, 3.8) is 0 Å². The van der Waals surface area contributed by atoms with Gasteiger partial charge in [-0.1, -0.05) is 0 Å². The molecule has 0 aliphatic carbocycles. The monoisotopic (exact) mass is 398 g/mol. The number of hydrogen-bond acceptors (Lipinski definition) is 7. The van der Waals surface area contributed by atoms with Crippen LogP contribution in [0.5, 0.6) is 5.75 Å². The average Bonchev–Trinajstić information content (AvgIpc) is 3.47. The highest BCUT2D eigenvalue weighted by molar-refractivity contribution is 7.22. The Balaban J connectivity index is 1.59. The fourth-order valence-electron chi connectivity index (χ4n) is 3.28. The molecule has 4 aromatic rings. The minimum Gasteiger partial charge on any atom is -0.494 e. The van der Waals surface area contributed by atoms with Gasteiger partial charge in [-0.05, 0) is 23.6 Å². The lowest BCUT2D eigenvalue weighted by atomic mass is 10.2. The maximum Gasteiger partial charge on any atom is 0.167 e. The van der Waals surface area contributed by atoms with Gasteiger partial charge in [-0.15, -0.1) is 11.3 Å². The van der Waals surface area contributed by atoms with Gasteiger partial charge in [0.15, 0.2) is 10.8 Å². The predicted molar refractivity (Wildman–Crippen MR) is 110 cm³/mol. The second-order valence-electron chi connectivity index (χ2n) is 6.24. The first kappa shape index (κ1) is 16.7. The topological polar surface area (TPSA) is 63.3 Å². The van der Waals surface area contributed by atoms with Gasteiger partial charge in [-0.3, -0.25) is 0 Å². The summed E-state index contributed by atoms with van der Waals surface area (Å²) in [6.07, 6.45) is 1.86. The van der Waals surface area contributed by atoms with E-state index < -0.39 is 0 Å². The number of thiophene rings is 1. The molecule has 1 N–H and O–H groups in total. The zero-order valence-electron chi connectivity index (χ0n) is 14.8. The van der Waals surface area contributed by atoms with Crippen LogP contribution in [-0.4, -0.2) is 48.4 Å². The van der Waals surface area contributed by atoms with Gasteiger partial charge in [0.05, 0.1) is 42.6 Å². The van der Waals surface area contributed by atoms with Gasteiger partial charge in [-0.25, -0.2) is 9.97 Å². The summed E-state index contributed by atoms with van der Waals surface area (Å²) in [7, 11) is 1.68. The van der Waals surface area contributed by atoms with E-state index in [-0.39, 0.29) is 0 Å². The van der Waals surface area contributed by atoms with E-state index in [1.807, 2.05) is 12.3 Å². The van der Waals surface area contributed by atoms with Crippen molar-refractivity contribution in [2.75, 3.05) is 38.3 Å². The van der Waals surface area contributed by atoms with Crippen molar-refractivity contribution in [3.8, 4) is 27.8 Å². The molecule has 0 atom stereocenters. The number of methoxy groups -OCH3 is 1. The van der Waals surface area contributed by atoms with Crippen molar-refractivity contribution in [3.05, 3.63) is 35.2 Å². The number of nitrogens with zero attached hydrogens (tertiary/aromatic N) is 3. The van der Waals surface area contributed by atoms with Crippen molar-refractivity contribution >= 4 is 38.6 Å². The second-order valence-corrected chi connectivity index (χ2v) is 8.02. The third kappa shape index (κ3) is 2.99. The summed E-state index contributed by atoms with van der Waals surface area (Å²) < 4.78 is 12.2. The number of thiazole rings is 1. The number of anilines is 1. The van der Waals surface area contributed by atoms with Crippen LogP contribution in [0, 0.1) is 0 Å². The molecule has 3 aromatic heterocycles. The van der Waals surface area contributed by atoms with Crippen molar-refractivity contribution in [2.24, 2.45) is 0 Å². The zero-order chi connectivity index (χ0) is 18.2. The molecule has 0 unspecified atom stereocenters. The first-order chi connectivity index (χ1) is 13.3. The number of ether oxygens (including phenoxy) is 2. The summed E-state index contributed by atoms with van der Waals surface area (Å²) in [5.41, 5.74) is 4.22. The SMILES string of the molecule is COc1ccc(N2CCOCC2)c2sc(-c3ncc(-c4ccsc4)[nH]3)nc12. The summed E-state index contributed by atoms with van der Waals surface area (Å²) in [5, 5.41) is 5.04. The number of aromatic amines is 1. The van der Waals surface area contributed by atoms with Crippen molar-refractivity contribution in [1.82, 2.24) is 15.0 Å². The van der Waals surface area contributed by atoms with Gasteiger partial charge >= 0.3 is 0 Å². The van der Waals surface area contributed by atoms with E-state index in [4.69, 9.17) is 14.5 Å². The molecule has 1 fully saturated rings. The van der Waals surface area contributed by atoms with Crippen molar-refractivity contribution in [1.29, 1.82) is 0 Å². The number of hydrogen-bond donors (Lipinski definition) is 1. The van der Waals surface area contributed by atoms with Crippen LogP contribution in [0.2, 0.25) is 0 Å². The lowest BCUT2D eigenvalue weighted by molar-refractivity contribution is 0.123. The molecule has 0 bridgehead atoms. The molecule has 0 saturated carbocycles. The van der Waals surface area contributed by atoms with Gasteiger partial charge in [0.2, 0.25) is 0 Å². The molecule has 0 spiro atoms. The molecular weight excluding hydrogens is 380 g/mol. The molecule has 138 valence electrons. The van der Waals surface area contributed by atoms with Gasteiger partial charge in [0.25, 0.3) is 0 Å². The number of imidazole rings is 1. The quantitative estimate of drug-likeness (QED) is 0.556. The Morgan fingerprint density at radius 3 is 2.89 bits per heavy atom. The molecule has 1 saturated heterocycles. The number of H-pyrrole nitrogens is 1. The Hall–Kier alpha value is -2.42. The highest BCUT2D eigenvalue weighted by atomic mass is 32.1. The van der Waals surface area contributed by atoms with Gasteiger partial charge in [0.1, 0.15) is 11.3 Å². The maximum atomic E-state index is 5.55. The third-order valence-corrected chi connectivity index (χ3v) is 6.44. The molecule has 0 amide bonds. The van der Waals surface area contributed by atoms with Crippen LogP contribution in [0.1, 0.15) is 0 Å². The fraction of sp³-hybridized carbons (Fsp3) is 0.263. The van der Waals surface area contributed by atoms with Crippen LogP contribution < -0.4 is 9.64 Å². The third-order valence-electron chi connectivity index (χ3n) is 4.67.